The average Bonchev–Trinajstić information content (AvgIpc) is 4.13. The number of fused-ring (bicyclic) bond motifs is 8. The molecule has 0 aromatic carbocycles. The third-order valence-electron chi connectivity index (χ3n) is 15.2. The number of H-pyrrole nitrogens is 2. The third kappa shape index (κ3) is 5.41. The maximum Gasteiger partial charge on any atom is 0.131 e. The van der Waals surface area contributed by atoms with Crippen LogP contribution in [0, 0.1) is 0 Å². The number of aromatic amines is 2. The first-order chi connectivity index (χ1) is 28.4. The summed E-state index contributed by atoms with van der Waals surface area (Å²) in [5.41, 5.74) is 22.4. The maximum atomic E-state index is 5.66. The zero-order valence-corrected chi connectivity index (χ0v) is 38.4. The molecule has 3 aromatic heterocycles. The lowest BCUT2D eigenvalue weighted by Gasteiger charge is -2.31. The molecule has 314 valence electrons. The van der Waals surface area contributed by atoms with Crippen LogP contribution < -0.4 is 0 Å². The standard InChI is InChI=1S/C48H62N12/c1-25-26(2)54(10)45(53(25)9)41-33-17-19-35(49-33)42(46-55(11)27(3)28(4)56(46)12)37-21-23-39(51-37)44(48-59(15)31(7)32(8)60(48)16)40-24-22-38(52-40)43(36-20-18-34(41)50-36)47-57(13)29(5)30(6)58(47)14/h17-24,45-49,52H,1-16H3. The average molecular weight is 807 g/mol. The van der Waals surface area contributed by atoms with Gasteiger partial charge in [0.2, 0.25) is 0 Å². The summed E-state index contributed by atoms with van der Waals surface area (Å²) in [4.78, 5) is 38.4. The number of nitrogens with one attached hydrogen (secondary N) is 2. The third-order valence-corrected chi connectivity index (χ3v) is 15.2. The second-order valence-corrected chi connectivity index (χ2v) is 17.7. The van der Waals surface area contributed by atoms with E-state index in [0.717, 1.165) is 67.1 Å². The Morgan fingerprint density at radius 3 is 0.650 bits per heavy atom. The summed E-state index contributed by atoms with van der Waals surface area (Å²) in [6.45, 7) is 17.7. The van der Waals surface area contributed by atoms with Crippen LogP contribution in [-0.4, -0.2) is 116 Å². The van der Waals surface area contributed by atoms with E-state index in [1.54, 1.807) is 0 Å². The van der Waals surface area contributed by atoms with Crippen molar-refractivity contribution in [1.82, 2.24) is 59.1 Å². The molecule has 0 radical (unpaired) electrons. The van der Waals surface area contributed by atoms with E-state index in [4.69, 9.17) is 9.97 Å². The molecule has 6 aliphatic heterocycles. The van der Waals surface area contributed by atoms with Gasteiger partial charge >= 0.3 is 0 Å². The lowest BCUT2D eigenvalue weighted by atomic mass is 10.1. The van der Waals surface area contributed by atoms with Crippen molar-refractivity contribution in [3.63, 3.8) is 0 Å². The quantitative estimate of drug-likeness (QED) is 0.184. The van der Waals surface area contributed by atoms with Gasteiger partial charge in [0.25, 0.3) is 0 Å². The predicted molar refractivity (Wildman–Crippen MR) is 245 cm³/mol. The van der Waals surface area contributed by atoms with Gasteiger partial charge in [-0.1, -0.05) is 0 Å². The number of hydrogen-bond donors (Lipinski definition) is 2. The van der Waals surface area contributed by atoms with Crippen LogP contribution in [0.3, 0.4) is 0 Å². The summed E-state index contributed by atoms with van der Waals surface area (Å²) in [7, 11) is 17.6. The minimum absolute atomic E-state index is 0.0742. The molecule has 12 nitrogen and oxygen atoms in total. The van der Waals surface area contributed by atoms with Gasteiger partial charge in [-0.15, -0.1) is 0 Å². The minimum atomic E-state index is -0.0742. The van der Waals surface area contributed by atoms with Crippen molar-refractivity contribution in [2.75, 3.05) is 56.4 Å². The molecule has 0 atom stereocenters. The van der Waals surface area contributed by atoms with Crippen molar-refractivity contribution in [3.8, 4) is 0 Å². The summed E-state index contributed by atoms with van der Waals surface area (Å²) in [6.07, 6.45) is 8.60. The Hall–Kier alpha value is -6.04. The molecule has 8 bridgehead atoms. The highest BCUT2D eigenvalue weighted by atomic mass is 15.4. The van der Waals surface area contributed by atoms with Crippen LogP contribution in [0.2, 0.25) is 0 Å². The highest BCUT2D eigenvalue weighted by Crippen LogP contribution is 2.46. The molecule has 0 amide bonds. The van der Waals surface area contributed by atoms with E-state index in [-0.39, 0.29) is 24.7 Å². The fourth-order valence-electron chi connectivity index (χ4n) is 10.5. The molecule has 2 N–H and O–H groups in total. The Morgan fingerprint density at radius 2 is 0.483 bits per heavy atom. The molecule has 0 saturated heterocycles. The van der Waals surface area contributed by atoms with Crippen LogP contribution in [0.5, 0.6) is 0 Å². The van der Waals surface area contributed by atoms with Crippen LogP contribution in [0.1, 0.15) is 125 Å². The Bertz CT molecular complexity index is 2290. The van der Waals surface area contributed by atoms with Gasteiger partial charge in [0.15, 0.2) is 0 Å². The van der Waals surface area contributed by atoms with Crippen LogP contribution in [0.15, 0.2) is 69.8 Å². The molecule has 9 heterocycles. The molecule has 0 saturated carbocycles. The molecular formula is C48H62N12. The molecule has 12 heteroatoms. The van der Waals surface area contributed by atoms with Gasteiger partial charge in [-0.3, -0.25) is 0 Å². The molecule has 6 aliphatic rings. The Morgan fingerprint density at radius 1 is 0.317 bits per heavy atom. The molecular weight excluding hydrogens is 745 g/mol. The Labute approximate surface area is 355 Å². The molecule has 3 aromatic rings. The van der Waals surface area contributed by atoms with Crippen molar-refractivity contribution in [2.24, 2.45) is 0 Å². The molecule has 9 rings (SSSR count). The second kappa shape index (κ2) is 13.8. The van der Waals surface area contributed by atoms with Gasteiger partial charge < -0.3 is 49.2 Å². The summed E-state index contributed by atoms with van der Waals surface area (Å²) in [5.74, 6) is 0. The molecule has 0 spiro atoms. The Kier molecular flexibility index (Phi) is 9.04. The van der Waals surface area contributed by atoms with Crippen molar-refractivity contribution < 1.29 is 0 Å². The number of nitrogens with zero attached hydrogens (tertiary/aromatic N) is 10. The zero-order valence-electron chi connectivity index (χ0n) is 38.4. The molecule has 0 fully saturated rings. The van der Waals surface area contributed by atoms with Gasteiger partial charge in [0, 0.05) is 146 Å². The molecule has 60 heavy (non-hydrogen) atoms. The highest BCUT2D eigenvalue weighted by molar-refractivity contribution is 5.84. The van der Waals surface area contributed by atoms with Gasteiger partial charge in [0.05, 0.1) is 22.8 Å². The number of hydrogen-bond acceptors (Lipinski definition) is 10. The number of rotatable bonds is 4. The molecule has 0 aliphatic carbocycles. The van der Waals surface area contributed by atoms with Gasteiger partial charge in [-0.05, 0) is 104 Å². The first-order valence-corrected chi connectivity index (χ1v) is 21.1. The maximum absolute atomic E-state index is 5.66. The summed E-state index contributed by atoms with van der Waals surface area (Å²) in [6, 6.07) is 9.01. The van der Waals surface area contributed by atoms with Crippen LogP contribution in [0.4, 0.5) is 0 Å². The van der Waals surface area contributed by atoms with Crippen LogP contribution in [-0.2, 0) is 0 Å². The summed E-state index contributed by atoms with van der Waals surface area (Å²) < 4.78 is 0. The number of allylic oxidation sites excluding steroid dienone is 8. The van der Waals surface area contributed by atoms with E-state index in [9.17, 15) is 0 Å². The van der Waals surface area contributed by atoms with Crippen molar-refractivity contribution >= 4 is 46.4 Å². The number of aromatic nitrogens is 4. The first kappa shape index (κ1) is 39.4. The van der Waals surface area contributed by atoms with E-state index in [0.29, 0.717) is 0 Å². The summed E-state index contributed by atoms with van der Waals surface area (Å²) in [5, 5.41) is 0. The topological polar surface area (TPSA) is 83.3 Å². The van der Waals surface area contributed by atoms with Crippen LogP contribution >= 0.6 is 0 Å². The van der Waals surface area contributed by atoms with Gasteiger partial charge in [-0.25, -0.2) is 9.97 Å². The first-order valence-electron chi connectivity index (χ1n) is 21.1. The predicted octanol–water partition coefficient (Wildman–Crippen LogP) is 9.16. The smallest absolute Gasteiger partial charge is 0.131 e. The van der Waals surface area contributed by atoms with E-state index in [2.05, 4.69) is 210 Å². The largest absolute Gasteiger partial charge is 0.355 e. The lowest BCUT2D eigenvalue weighted by Crippen LogP contribution is -2.29. The van der Waals surface area contributed by atoms with Crippen molar-refractivity contribution in [2.45, 2.75) is 80.1 Å². The van der Waals surface area contributed by atoms with Crippen molar-refractivity contribution in [1.29, 1.82) is 0 Å². The SMILES string of the molecule is CC1=C(C)N(C)C(c2c3nc(c(C4N(C)C(C)=C(C)N4C)c4ccc([nH]4)c(C4N(C)C(C)=C(C)N4C)c4nc(c(C5N(C)C(C)=C(C)N5C)c5ccc2[nH]5)C=C4)C=C3)N1C. The Balaban J connectivity index is 1.44. The van der Waals surface area contributed by atoms with Crippen LogP contribution in [0.25, 0.3) is 46.4 Å². The highest BCUT2D eigenvalue weighted by Gasteiger charge is 2.39. The molecule has 0 unspecified atom stereocenters. The van der Waals surface area contributed by atoms with Crippen molar-refractivity contribution in [3.05, 3.63) is 115 Å². The fourth-order valence-corrected chi connectivity index (χ4v) is 10.5. The normalized spacial score (nSPS) is 19.7. The fraction of sp³-hybridized carbons (Fsp3) is 0.417. The monoisotopic (exact) mass is 807 g/mol. The zero-order chi connectivity index (χ0) is 43.0. The van der Waals surface area contributed by atoms with Gasteiger partial charge in [-0.2, -0.15) is 0 Å². The van der Waals surface area contributed by atoms with E-state index in [1.807, 2.05) is 0 Å². The van der Waals surface area contributed by atoms with E-state index >= 15 is 0 Å². The van der Waals surface area contributed by atoms with E-state index < -0.39 is 0 Å². The van der Waals surface area contributed by atoms with Gasteiger partial charge in [0.1, 0.15) is 24.7 Å². The summed E-state index contributed by atoms with van der Waals surface area (Å²) >= 11 is 0. The minimum Gasteiger partial charge on any atom is -0.355 e. The second-order valence-electron chi connectivity index (χ2n) is 17.7. The lowest BCUT2D eigenvalue weighted by molar-refractivity contribution is 0.192. The van der Waals surface area contributed by atoms with E-state index in [1.165, 1.54) is 45.6 Å².